The molecule has 11 heteroatoms. The second-order valence-corrected chi connectivity index (χ2v) is 42.7. The fourth-order valence-corrected chi connectivity index (χ4v) is 20.4. The van der Waals surface area contributed by atoms with Gasteiger partial charge in [0.1, 0.15) is 0 Å². The van der Waals surface area contributed by atoms with Crippen molar-refractivity contribution in [2.24, 2.45) is 0 Å². The van der Waals surface area contributed by atoms with Crippen LogP contribution in [0.5, 0.6) is 0 Å². The van der Waals surface area contributed by atoms with E-state index in [0.717, 1.165) is 148 Å². The maximum atomic E-state index is 11.7. The fraction of sp³-hybridized carbons (Fsp3) is 0.209. The Balaban J connectivity index is 0.812. The summed E-state index contributed by atoms with van der Waals surface area (Å²) in [5.74, 6) is 5.67. The highest BCUT2D eigenvalue weighted by molar-refractivity contribution is 7.24. The number of rotatable bonds is 9. The number of aromatic carboxylic acids is 1. The third-order valence-electron chi connectivity index (χ3n) is 25.7. The number of aromatic nitrogens is 7. The lowest BCUT2D eigenvalue weighted by Gasteiger charge is -2.19. The van der Waals surface area contributed by atoms with Crippen molar-refractivity contribution in [3.63, 3.8) is 0 Å². The monoisotopic (exact) mass is 1680 g/mol. The number of nitrogens with one attached hydrogen (secondary N) is 2. The van der Waals surface area contributed by atoms with Crippen molar-refractivity contribution >= 4 is 140 Å². The molecule has 10 heterocycles. The van der Waals surface area contributed by atoms with Gasteiger partial charge in [-0.05, 0) is 289 Å². The first-order valence-electron chi connectivity index (χ1n) is 43.8. The van der Waals surface area contributed by atoms with Gasteiger partial charge in [0.05, 0.1) is 66.3 Å². The van der Waals surface area contributed by atoms with Gasteiger partial charge < -0.3 is 28.8 Å². The highest BCUT2D eigenvalue weighted by Crippen LogP contribution is 2.48. The van der Waals surface area contributed by atoms with Gasteiger partial charge in [-0.3, -0.25) is 0 Å². The molecule has 8 bridgehead atoms. The smallest absolute Gasteiger partial charge is 0.335 e. The zero-order valence-corrected chi connectivity index (χ0v) is 76.6. The number of hydrogen-bond donors (Lipinski definition) is 3. The van der Waals surface area contributed by atoms with Crippen LogP contribution in [-0.2, 0) is 32.5 Å². The van der Waals surface area contributed by atoms with Crippen molar-refractivity contribution in [3.05, 3.63) is 327 Å². The summed E-state index contributed by atoms with van der Waals surface area (Å²) < 4.78 is 7.32. The van der Waals surface area contributed by atoms with Crippen LogP contribution in [0.15, 0.2) is 255 Å². The van der Waals surface area contributed by atoms with Gasteiger partial charge in [-0.2, -0.15) is 0 Å². The number of benzene rings is 10. The van der Waals surface area contributed by atoms with E-state index >= 15 is 0 Å². The Morgan fingerprint density at radius 2 is 0.563 bits per heavy atom. The Hall–Kier alpha value is -13.4. The molecule has 20 rings (SSSR count). The van der Waals surface area contributed by atoms with E-state index in [1.54, 1.807) is 46.9 Å². The number of carboxylic acid groups (broad SMARTS) is 1. The maximum absolute atomic E-state index is 11.7. The molecule has 0 saturated heterocycles. The number of fused-ring (bicyclic) bond motifs is 17. The molecule has 0 saturated carbocycles. The molecule has 0 radical (unpaired) electrons. The van der Waals surface area contributed by atoms with Crippen LogP contribution in [0.1, 0.15) is 202 Å². The third-order valence-corrected chi connectivity index (χ3v) is 28.0. The summed E-state index contributed by atoms with van der Waals surface area (Å²) in [5.41, 5.74) is 32.4. The minimum Gasteiger partial charge on any atom is -0.478 e. The zero-order chi connectivity index (χ0) is 87.7. The first kappa shape index (κ1) is 81.0. The molecule has 10 aromatic carbocycles. The Morgan fingerprint density at radius 3 is 0.857 bits per heavy atom. The van der Waals surface area contributed by atoms with E-state index < -0.39 is 5.97 Å². The van der Waals surface area contributed by atoms with Crippen LogP contribution in [0.3, 0.4) is 0 Å². The van der Waals surface area contributed by atoms with Gasteiger partial charge in [0.2, 0.25) is 0 Å². The third kappa shape index (κ3) is 14.4. The Bertz CT molecular complexity index is 7470. The number of aromatic amines is 2. The molecule has 0 atom stereocenters. The summed E-state index contributed by atoms with van der Waals surface area (Å²) >= 11 is 3.37. The summed E-state index contributed by atoms with van der Waals surface area (Å²) in [4.78, 5) is 35.8. The summed E-state index contributed by atoms with van der Waals surface area (Å²) in [6.07, 6.45) is 8.80. The molecule has 0 unspecified atom stereocenters. The molecule has 8 aromatic heterocycles. The Kier molecular flexibility index (Phi) is 19.1. The molecule has 9 nitrogen and oxygen atoms in total. The van der Waals surface area contributed by atoms with Gasteiger partial charge in [0.25, 0.3) is 0 Å². The van der Waals surface area contributed by atoms with Crippen molar-refractivity contribution in [3.8, 4) is 82.5 Å². The van der Waals surface area contributed by atoms with E-state index in [1.165, 1.54) is 76.7 Å². The summed E-state index contributed by atoms with van der Waals surface area (Å²) in [7, 11) is 0. The predicted molar refractivity (Wildman–Crippen MR) is 536 cm³/mol. The summed E-state index contributed by atoms with van der Waals surface area (Å²) in [6, 6.07) is 94.0. The van der Waals surface area contributed by atoms with E-state index in [9.17, 15) is 9.90 Å². The Labute approximate surface area is 745 Å². The zero-order valence-electron chi connectivity index (χ0n) is 75.0. The van der Waals surface area contributed by atoms with Crippen LogP contribution in [0.25, 0.3) is 182 Å². The molecule has 0 spiro atoms. The first-order valence-corrected chi connectivity index (χ1v) is 45.5. The maximum Gasteiger partial charge on any atom is 0.335 e. The lowest BCUT2D eigenvalue weighted by Crippen LogP contribution is -2.10. The van der Waals surface area contributed by atoms with E-state index in [2.05, 4.69) is 415 Å². The van der Waals surface area contributed by atoms with Crippen molar-refractivity contribution < 1.29 is 9.90 Å². The van der Waals surface area contributed by atoms with Crippen molar-refractivity contribution in [2.45, 2.75) is 157 Å². The molecular formula is C115H103N7O2S2. The highest BCUT2D eigenvalue weighted by atomic mass is 32.1. The van der Waals surface area contributed by atoms with E-state index in [4.69, 9.17) is 9.97 Å². The van der Waals surface area contributed by atoms with Crippen molar-refractivity contribution in [1.82, 2.24) is 33.6 Å². The number of carboxylic acids is 1. The molecule has 0 fully saturated rings. The summed E-state index contributed by atoms with van der Waals surface area (Å²) in [5, 5.41) is 17.1. The SMILES string of the molecule is CC(C)(C)c1ccc2c(c1)c1cc(C(C)(C)C)ccc1n2-c1ccc(-c2c3nc(c(-c4ccc(-n5c6ccc(C(C)(C)C)cc6c6cc(C(C)(C)C)ccc65)cc4)c4ccc([nH]4)c(-c4ccc(-c5ccc(C#Cc6ccc(C(=O)O)cc6)s5)s4)c4nc(c(-c5ccc(-n6c7ccc(C(C)(C)C)cc7c7cc(C(C)(C)C)ccc76)cc5)c5ccc2[nH]5)C=C4)C=C3)cc1. The van der Waals surface area contributed by atoms with Crippen molar-refractivity contribution in [2.75, 3.05) is 0 Å². The quantitative estimate of drug-likeness (QED) is 0.125. The van der Waals surface area contributed by atoms with Crippen LogP contribution >= 0.6 is 22.7 Å². The second-order valence-electron chi connectivity index (χ2n) is 40.5. The Morgan fingerprint density at radius 1 is 0.294 bits per heavy atom. The van der Waals surface area contributed by atoms with E-state index in [1.807, 2.05) is 0 Å². The van der Waals surface area contributed by atoms with Crippen LogP contribution < -0.4 is 0 Å². The van der Waals surface area contributed by atoms with Gasteiger partial charge in [0, 0.05) is 114 Å². The minimum absolute atomic E-state index is 0.0388. The molecule has 2 aliphatic heterocycles. The summed E-state index contributed by atoms with van der Waals surface area (Å²) in [6.45, 7) is 41.4. The lowest BCUT2D eigenvalue weighted by molar-refractivity contribution is 0.0696. The molecule has 0 aliphatic carbocycles. The average Bonchev–Trinajstić information content (AvgIpc) is 1.59. The minimum atomic E-state index is -0.965. The van der Waals surface area contributed by atoms with Crippen LogP contribution in [0.2, 0.25) is 0 Å². The number of H-pyrrole nitrogens is 2. The van der Waals surface area contributed by atoms with Gasteiger partial charge in [-0.15, -0.1) is 22.7 Å². The largest absolute Gasteiger partial charge is 0.478 e. The molecule has 622 valence electrons. The van der Waals surface area contributed by atoms with E-state index in [0.29, 0.717) is 0 Å². The average molecular weight is 1680 g/mol. The van der Waals surface area contributed by atoms with Gasteiger partial charge in [0.15, 0.2) is 0 Å². The van der Waals surface area contributed by atoms with Crippen molar-refractivity contribution in [1.29, 1.82) is 0 Å². The molecular weight excluding hydrogens is 1580 g/mol. The molecule has 3 N–H and O–H groups in total. The predicted octanol–water partition coefficient (Wildman–Crippen LogP) is 31.3. The van der Waals surface area contributed by atoms with Gasteiger partial charge in [-0.1, -0.05) is 209 Å². The fourth-order valence-electron chi connectivity index (χ4n) is 18.4. The lowest BCUT2D eigenvalue weighted by atomic mass is 9.85. The normalized spacial score (nSPS) is 12.9. The van der Waals surface area contributed by atoms with E-state index in [-0.39, 0.29) is 38.1 Å². The van der Waals surface area contributed by atoms with Crippen LogP contribution in [0, 0.1) is 11.8 Å². The number of thiophene rings is 2. The second kappa shape index (κ2) is 29.7. The number of nitrogens with zero attached hydrogens (tertiary/aromatic N) is 5. The topological polar surface area (TPSA) is 109 Å². The highest BCUT2D eigenvalue weighted by Gasteiger charge is 2.29. The number of carbonyl (C=O) groups is 1. The molecule has 2 aliphatic rings. The van der Waals surface area contributed by atoms with Gasteiger partial charge in [-0.25, -0.2) is 14.8 Å². The molecule has 126 heavy (non-hydrogen) atoms. The standard InChI is InChI=1S/C115H103N7O2S2/c1-110(2,3)72-30-52-96-82(61-72)83-62-73(111(4,5)6)31-53-97(83)120(96)78-36-24-68(25-37-78)105-88-44-46-90(116-88)106(69-26-38-79(39-27-69)121-98-54-32-74(112(7,8)9)63-84(98)85-64-75(113(10,11)12)33-55-99(85)121)92-48-50-94(118-92)108(104-60-59-103(126-104)102-58-43-81(125-102)42-21-67-19-22-71(23-20-67)109(123)124)95-51-49-93(119-95)107(91-47-45-89(105)117-91)70-28-40-80(41-29-70)122-100-56-34-76(114(13,14)15)65-86(100)87-66-77(115(16,17)18)35-57-101(87)122/h19-20,22-41,43-66,116,119H,1-18H3,(H,123,124). The van der Waals surface area contributed by atoms with Crippen LogP contribution in [0.4, 0.5) is 0 Å². The number of hydrogen-bond acceptors (Lipinski definition) is 5. The molecule has 0 amide bonds. The molecule has 18 aromatic rings. The van der Waals surface area contributed by atoms with Crippen LogP contribution in [-0.4, -0.2) is 44.7 Å². The first-order chi connectivity index (χ1) is 60.0. The van der Waals surface area contributed by atoms with Gasteiger partial charge >= 0.3 is 5.97 Å².